The van der Waals surface area contributed by atoms with Gasteiger partial charge in [0.2, 0.25) is 0 Å². The van der Waals surface area contributed by atoms with Crippen LogP contribution in [-0.2, 0) is 0 Å². The van der Waals surface area contributed by atoms with E-state index < -0.39 is 0 Å². The van der Waals surface area contributed by atoms with Crippen LogP contribution in [0.5, 0.6) is 0 Å². The van der Waals surface area contributed by atoms with Crippen molar-refractivity contribution in [1.82, 2.24) is 0 Å². The molecule has 1 heterocycles. The maximum Gasteiger partial charge on any atom is 0.00837 e. The Morgan fingerprint density at radius 1 is 0.733 bits per heavy atom. The Balaban J connectivity index is 1.72. The van der Waals surface area contributed by atoms with Crippen molar-refractivity contribution < 1.29 is 0 Å². The summed E-state index contributed by atoms with van der Waals surface area (Å²) in [7, 11) is 0. The normalized spacial score (nSPS) is 54.8. The lowest BCUT2D eigenvalue weighted by molar-refractivity contribution is 0.187. The van der Waals surface area contributed by atoms with Crippen molar-refractivity contribution in [3.63, 3.8) is 0 Å². The SMILES string of the molecule is CC1CCC2C(C1)SC1CC(C)CCC12. The quantitative estimate of drug-likeness (QED) is 0.590. The van der Waals surface area contributed by atoms with Crippen LogP contribution in [0.2, 0.25) is 0 Å². The van der Waals surface area contributed by atoms with Crippen LogP contribution in [0.25, 0.3) is 0 Å². The highest BCUT2D eigenvalue weighted by molar-refractivity contribution is 8.00. The van der Waals surface area contributed by atoms with Crippen molar-refractivity contribution in [1.29, 1.82) is 0 Å². The van der Waals surface area contributed by atoms with E-state index in [1.807, 2.05) is 0 Å². The van der Waals surface area contributed by atoms with Gasteiger partial charge in [-0.05, 0) is 49.4 Å². The second-order valence-electron chi connectivity index (χ2n) is 6.38. The first-order chi connectivity index (χ1) is 7.24. The van der Waals surface area contributed by atoms with Crippen molar-refractivity contribution in [2.75, 3.05) is 0 Å². The zero-order valence-electron chi connectivity index (χ0n) is 10.1. The molecule has 0 radical (unpaired) electrons. The first-order valence-electron chi connectivity index (χ1n) is 6.89. The van der Waals surface area contributed by atoms with Gasteiger partial charge in [0, 0.05) is 10.5 Å². The molecule has 6 atom stereocenters. The molecular weight excluding hydrogens is 200 g/mol. The molecule has 6 unspecified atom stereocenters. The summed E-state index contributed by atoms with van der Waals surface area (Å²) in [5.41, 5.74) is 0. The minimum Gasteiger partial charge on any atom is -0.155 e. The summed E-state index contributed by atoms with van der Waals surface area (Å²) in [4.78, 5) is 0. The summed E-state index contributed by atoms with van der Waals surface area (Å²) in [6.07, 6.45) is 9.18. The van der Waals surface area contributed by atoms with E-state index in [9.17, 15) is 0 Å². The number of hydrogen-bond acceptors (Lipinski definition) is 1. The summed E-state index contributed by atoms with van der Waals surface area (Å²) in [6, 6.07) is 0. The molecule has 3 fully saturated rings. The number of thioether (sulfide) groups is 1. The standard InChI is InChI=1S/C14H24S/c1-9-3-5-11-12-6-4-10(2)8-14(12)15-13(11)7-9/h9-14H,3-8H2,1-2H3. The minimum atomic E-state index is 1.01. The van der Waals surface area contributed by atoms with E-state index in [2.05, 4.69) is 25.6 Å². The molecule has 0 N–H and O–H groups in total. The third-order valence-corrected chi connectivity index (χ3v) is 6.89. The predicted molar refractivity (Wildman–Crippen MR) is 68.2 cm³/mol. The Hall–Kier alpha value is 0.350. The van der Waals surface area contributed by atoms with Gasteiger partial charge in [-0.1, -0.05) is 26.7 Å². The van der Waals surface area contributed by atoms with Gasteiger partial charge in [-0.25, -0.2) is 0 Å². The molecule has 0 aromatic rings. The molecule has 0 aromatic heterocycles. The van der Waals surface area contributed by atoms with Crippen LogP contribution in [0.1, 0.15) is 52.4 Å². The highest BCUT2D eigenvalue weighted by Crippen LogP contribution is 2.56. The van der Waals surface area contributed by atoms with Gasteiger partial charge in [0.1, 0.15) is 0 Å². The monoisotopic (exact) mass is 224 g/mol. The molecule has 86 valence electrons. The van der Waals surface area contributed by atoms with Gasteiger partial charge < -0.3 is 0 Å². The Bertz CT molecular complexity index is 213. The van der Waals surface area contributed by atoms with Crippen LogP contribution < -0.4 is 0 Å². The van der Waals surface area contributed by atoms with E-state index in [-0.39, 0.29) is 0 Å². The first kappa shape index (κ1) is 10.5. The van der Waals surface area contributed by atoms with Crippen molar-refractivity contribution in [2.24, 2.45) is 23.7 Å². The number of rotatable bonds is 0. The average Bonchev–Trinajstić information content (AvgIpc) is 2.53. The molecule has 2 saturated carbocycles. The molecule has 3 aliphatic rings. The maximum absolute atomic E-state index is 2.46. The number of fused-ring (bicyclic) bond motifs is 3. The Morgan fingerprint density at radius 2 is 1.20 bits per heavy atom. The molecule has 1 saturated heterocycles. The lowest BCUT2D eigenvalue weighted by Gasteiger charge is -2.35. The van der Waals surface area contributed by atoms with E-state index in [0.29, 0.717) is 0 Å². The Kier molecular flexibility index (Phi) is 2.79. The summed E-state index contributed by atoms with van der Waals surface area (Å²) in [6.45, 7) is 4.92. The molecule has 2 aliphatic carbocycles. The van der Waals surface area contributed by atoms with Gasteiger partial charge in [0.25, 0.3) is 0 Å². The van der Waals surface area contributed by atoms with E-state index in [1.165, 1.54) is 25.7 Å². The van der Waals surface area contributed by atoms with Gasteiger partial charge in [-0.3, -0.25) is 0 Å². The van der Waals surface area contributed by atoms with Crippen molar-refractivity contribution in [2.45, 2.75) is 62.9 Å². The van der Waals surface area contributed by atoms with Crippen LogP contribution >= 0.6 is 11.8 Å². The highest BCUT2D eigenvalue weighted by Gasteiger charge is 2.47. The van der Waals surface area contributed by atoms with Gasteiger partial charge in [0.05, 0.1) is 0 Å². The molecular formula is C14H24S. The van der Waals surface area contributed by atoms with Crippen LogP contribution in [0.3, 0.4) is 0 Å². The van der Waals surface area contributed by atoms with Gasteiger partial charge in [-0.2, -0.15) is 11.8 Å². The fraction of sp³-hybridized carbons (Fsp3) is 1.00. The molecule has 0 amide bonds. The van der Waals surface area contributed by atoms with Crippen LogP contribution in [0, 0.1) is 23.7 Å². The van der Waals surface area contributed by atoms with E-state index in [4.69, 9.17) is 0 Å². The van der Waals surface area contributed by atoms with Gasteiger partial charge in [-0.15, -0.1) is 0 Å². The van der Waals surface area contributed by atoms with E-state index >= 15 is 0 Å². The third kappa shape index (κ3) is 1.85. The summed E-state index contributed by atoms with van der Waals surface area (Å²) in [5, 5.41) is 2.10. The van der Waals surface area contributed by atoms with Crippen LogP contribution in [-0.4, -0.2) is 10.5 Å². The largest absolute Gasteiger partial charge is 0.155 e. The fourth-order valence-electron chi connectivity index (χ4n) is 4.22. The molecule has 0 spiro atoms. The van der Waals surface area contributed by atoms with Crippen molar-refractivity contribution in [3.05, 3.63) is 0 Å². The summed E-state index contributed by atoms with van der Waals surface area (Å²) >= 11 is 2.39. The van der Waals surface area contributed by atoms with Gasteiger partial charge >= 0.3 is 0 Å². The summed E-state index contributed by atoms with van der Waals surface area (Å²) in [5.74, 6) is 4.25. The molecule has 0 nitrogen and oxygen atoms in total. The maximum atomic E-state index is 2.46. The van der Waals surface area contributed by atoms with Crippen molar-refractivity contribution >= 4 is 11.8 Å². The lowest BCUT2D eigenvalue weighted by Crippen LogP contribution is -2.30. The van der Waals surface area contributed by atoms with E-state index in [1.54, 1.807) is 12.8 Å². The van der Waals surface area contributed by atoms with Crippen LogP contribution in [0.4, 0.5) is 0 Å². The first-order valence-corrected chi connectivity index (χ1v) is 7.83. The highest BCUT2D eigenvalue weighted by atomic mass is 32.2. The smallest absolute Gasteiger partial charge is 0.00837 e. The molecule has 3 rings (SSSR count). The number of hydrogen-bond donors (Lipinski definition) is 0. The second kappa shape index (κ2) is 3.98. The minimum absolute atomic E-state index is 1.01. The van der Waals surface area contributed by atoms with Gasteiger partial charge in [0.15, 0.2) is 0 Å². The molecule has 15 heavy (non-hydrogen) atoms. The predicted octanol–water partition coefficient (Wildman–Crippen LogP) is 4.34. The average molecular weight is 224 g/mol. The van der Waals surface area contributed by atoms with E-state index in [0.717, 1.165) is 34.2 Å². The van der Waals surface area contributed by atoms with Crippen molar-refractivity contribution in [3.8, 4) is 0 Å². The Morgan fingerprint density at radius 3 is 1.67 bits per heavy atom. The third-order valence-electron chi connectivity index (χ3n) is 5.11. The molecule has 1 aliphatic heterocycles. The Labute approximate surface area is 98.6 Å². The second-order valence-corrected chi connectivity index (χ2v) is 7.86. The zero-order valence-corrected chi connectivity index (χ0v) is 10.9. The molecule has 0 bridgehead atoms. The summed E-state index contributed by atoms with van der Waals surface area (Å²) < 4.78 is 0. The molecule has 1 heteroatoms. The lowest BCUT2D eigenvalue weighted by atomic mass is 9.70. The fourth-order valence-corrected chi connectivity index (χ4v) is 6.63. The topological polar surface area (TPSA) is 0 Å². The molecule has 0 aromatic carbocycles. The van der Waals surface area contributed by atoms with Crippen LogP contribution in [0.15, 0.2) is 0 Å². The zero-order chi connectivity index (χ0) is 10.4.